The van der Waals surface area contributed by atoms with Gasteiger partial charge in [0.25, 0.3) is 0 Å². The molecule has 0 radical (unpaired) electrons. The van der Waals surface area contributed by atoms with Gasteiger partial charge in [-0.3, -0.25) is 14.4 Å². The fourth-order valence-corrected chi connectivity index (χ4v) is 7.88. The van der Waals surface area contributed by atoms with E-state index in [4.69, 9.17) is 23.7 Å². The van der Waals surface area contributed by atoms with Crippen LogP contribution in [0.3, 0.4) is 0 Å². The van der Waals surface area contributed by atoms with Crippen LogP contribution < -0.4 is 0 Å². The third kappa shape index (κ3) is 41.6. The first-order valence-corrected chi connectivity index (χ1v) is 29.2. The molecule has 0 aromatic heterocycles. The maximum Gasteiger partial charge on any atom is 0.335 e. The summed E-state index contributed by atoms with van der Waals surface area (Å²) in [5, 5.41) is 31.4. The zero-order valence-corrected chi connectivity index (χ0v) is 47.4. The predicted octanol–water partition coefficient (Wildman–Crippen LogP) is 15.0. The molecule has 12 heteroatoms. The zero-order chi connectivity index (χ0) is 56.1. The molecule has 6 atom stereocenters. The van der Waals surface area contributed by atoms with Gasteiger partial charge in [0, 0.05) is 12.8 Å². The summed E-state index contributed by atoms with van der Waals surface area (Å²) in [4.78, 5) is 51.1. The SMILES string of the molecule is CC/C=C\C/C=C\C/C=C\C/C=C\C/C=C\CC(=O)OC1C(OCC(COC(=O)CCCCCCCCC/C=C\C/C=C\C/C=C\CC)OC(=O)CCCCCCC/C=C\C/C=C\C/C=C\CC)OC(C(=O)O)C(O)C1O. The zero-order valence-electron chi connectivity index (χ0n) is 47.4. The maximum absolute atomic E-state index is 13.1. The topological polar surface area (TPSA) is 175 Å². The number of esters is 3. The first kappa shape index (κ1) is 69.9. The third-order valence-corrected chi connectivity index (χ3v) is 12.2. The largest absolute Gasteiger partial charge is 0.479 e. The van der Waals surface area contributed by atoms with E-state index in [9.17, 15) is 34.5 Å². The molecule has 1 saturated heterocycles. The lowest BCUT2D eigenvalue weighted by atomic mass is 9.98. The molecule has 1 fully saturated rings. The average molecular weight is 1070 g/mol. The van der Waals surface area contributed by atoms with Crippen LogP contribution in [-0.4, -0.2) is 89.2 Å². The normalized spacial score (nSPS) is 19.0. The Balaban J connectivity index is 2.77. The van der Waals surface area contributed by atoms with Gasteiger partial charge < -0.3 is 39.0 Å². The molecule has 1 heterocycles. The van der Waals surface area contributed by atoms with E-state index in [1.807, 2.05) is 12.2 Å². The molecule has 0 spiro atoms. The van der Waals surface area contributed by atoms with Crippen LogP contribution in [-0.2, 0) is 42.9 Å². The number of rotatable bonds is 47. The van der Waals surface area contributed by atoms with Gasteiger partial charge in [0.05, 0.1) is 13.0 Å². The highest BCUT2D eigenvalue weighted by Gasteiger charge is 2.50. The van der Waals surface area contributed by atoms with Gasteiger partial charge in [0.15, 0.2) is 24.6 Å². The van der Waals surface area contributed by atoms with Crippen molar-refractivity contribution in [1.82, 2.24) is 0 Å². The molecule has 77 heavy (non-hydrogen) atoms. The molecule has 0 amide bonds. The van der Waals surface area contributed by atoms with Gasteiger partial charge in [0.2, 0.25) is 0 Å². The van der Waals surface area contributed by atoms with Crippen molar-refractivity contribution in [2.45, 2.75) is 237 Å². The number of ether oxygens (including phenoxy) is 5. The van der Waals surface area contributed by atoms with Crippen LogP contribution in [0.15, 0.2) is 134 Å². The smallest absolute Gasteiger partial charge is 0.335 e. The number of hydrogen-bond acceptors (Lipinski definition) is 11. The number of allylic oxidation sites excluding steroid dienone is 21. The summed E-state index contributed by atoms with van der Waals surface area (Å²) < 4.78 is 28.3. The Morgan fingerprint density at radius 1 is 0.442 bits per heavy atom. The summed E-state index contributed by atoms with van der Waals surface area (Å²) in [6.45, 7) is 5.57. The number of carbonyl (C=O) groups is 4. The van der Waals surface area contributed by atoms with E-state index in [0.717, 1.165) is 141 Å². The molecule has 0 bridgehead atoms. The van der Waals surface area contributed by atoms with Crippen LogP contribution in [0, 0.1) is 0 Å². The molecular weight excluding hydrogens is 973 g/mol. The van der Waals surface area contributed by atoms with Gasteiger partial charge in [0.1, 0.15) is 18.8 Å². The highest BCUT2D eigenvalue weighted by molar-refractivity contribution is 5.74. The van der Waals surface area contributed by atoms with Crippen molar-refractivity contribution in [3.05, 3.63) is 134 Å². The molecule has 0 aliphatic carbocycles. The van der Waals surface area contributed by atoms with Crippen LogP contribution >= 0.6 is 0 Å². The lowest BCUT2D eigenvalue weighted by Crippen LogP contribution is -2.61. The fraction of sp³-hybridized carbons (Fsp3) is 0.600. The van der Waals surface area contributed by atoms with Crippen LogP contribution in [0.5, 0.6) is 0 Å². The second kappa shape index (κ2) is 51.6. The Morgan fingerprint density at radius 2 is 0.818 bits per heavy atom. The van der Waals surface area contributed by atoms with Gasteiger partial charge in [-0.25, -0.2) is 4.79 Å². The summed E-state index contributed by atoms with van der Waals surface area (Å²) in [5.74, 6) is -3.34. The minimum atomic E-state index is -1.95. The standard InChI is InChI=1S/C65H100O12/c1-4-7-10-13-16-19-22-25-28-29-32-33-36-39-42-45-48-51-57(66)73-54-56(75-58(67)52-49-46-43-40-37-34-30-26-23-20-17-14-11-8-5-2)55-74-65-63(61(70)60(69)62(77-65)64(71)72)76-59(68)53-50-47-44-41-38-35-31-27-24-21-18-15-12-9-6-3/h7-12,16-21,25-28,30-31,38,41,47,50,56,60-63,65,69-70H,4-6,13-15,22-24,29,32-37,39-40,42-46,48-49,51-55H2,1-3H3,(H,71,72)/b10-7-,11-8-,12-9-,19-16-,20-17-,21-18-,28-25-,30-26-,31-27-,41-38-,50-47-. The molecule has 6 unspecified atom stereocenters. The summed E-state index contributed by atoms with van der Waals surface area (Å²) in [7, 11) is 0. The Morgan fingerprint density at radius 3 is 1.25 bits per heavy atom. The maximum atomic E-state index is 13.1. The monoisotopic (exact) mass is 1070 g/mol. The van der Waals surface area contributed by atoms with E-state index in [2.05, 4.69) is 130 Å². The molecule has 1 aliphatic rings. The number of aliphatic carboxylic acids is 1. The third-order valence-electron chi connectivity index (χ3n) is 12.2. The lowest BCUT2D eigenvalue weighted by Gasteiger charge is -2.40. The minimum Gasteiger partial charge on any atom is -0.479 e. The number of carboxylic acids is 1. The molecule has 1 rings (SSSR count). The number of aliphatic hydroxyl groups is 2. The summed E-state index contributed by atoms with van der Waals surface area (Å²) in [6, 6.07) is 0. The van der Waals surface area contributed by atoms with Crippen molar-refractivity contribution in [1.29, 1.82) is 0 Å². The van der Waals surface area contributed by atoms with Crippen LogP contribution in [0.1, 0.15) is 201 Å². The summed E-state index contributed by atoms with van der Waals surface area (Å²) in [6.07, 6.45) is 60.2. The Labute approximate surface area is 464 Å². The van der Waals surface area contributed by atoms with Crippen molar-refractivity contribution in [3.8, 4) is 0 Å². The van der Waals surface area contributed by atoms with Gasteiger partial charge in [-0.05, 0) is 109 Å². The summed E-state index contributed by atoms with van der Waals surface area (Å²) in [5.41, 5.74) is 0. The molecular formula is C65H100O12. The molecule has 0 saturated carbocycles. The van der Waals surface area contributed by atoms with E-state index in [-0.39, 0.29) is 25.9 Å². The minimum absolute atomic E-state index is 0.123. The molecule has 0 aromatic rings. The molecule has 0 aromatic carbocycles. The molecule has 12 nitrogen and oxygen atoms in total. The van der Waals surface area contributed by atoms with Crippen LogP contribution in [0.2, 0.25) is 0 Å². The van der Waals surface area contributed by atoms with Gasteiger partial charge in [-0.1, -0.05) is 206 Å². The highest BCUT2D eigenvalue weighted by atomic mass is 16.7. The van der Waals surface area contributed by atoms with Gasteiger partial charge in [-0.2, -0.15) is 0 Å². The second-order valence-electron chi connectivity index (χ2n) is 19.1. The Bertz CT molecular complexity index is 1850. The first-order valence-electron chi connectivity index (χ1n) is 29.2. The van der Waals surface area contributed by atoms with E-state index < -0.39 is 67.3 Å². The van der Waals surface area contributed by atoms with Crippen molar-refractivity contribution in [2.75, 3.05) is 13.2 Å². The van der Waals surface area contributed by atoms with Crippen molar-refractivity contribution in [2.24, 2.45) is 0 Å². The fourth-order valence-electron chi connectivity index (χ4n) is 7.88. The Hall–Kier alpha value is -5.14. The number of hydrogen-bond donors (Lipinski definition) is 3. The van der Waals surface area contributed by atoms with E-state index in [0.29, 0.717) is 19.3 Å². The van der Waals surface area contributed by atoms with Crippen molar-refractivity contribution < 1.29 is 58.2 Å². The Kier molecular flexibility index (Phi) is 46.8. The van der Waals surface area contributed by atoms with Gasteiger partial charge >= 0.3 is 23.9 Å². The van der Waals surface area contributed by atoms with Crippen LogP contribution in [0.25, 0.3) is 0 Å². The lowest BCUT2D eigenvalue weighted by molar-refractivity contribution is -0.301. The van der Waals surface area contributed by atoms with Gasteiger partial charge in [-0.15, -0.1) is 0 Å². The van der Waals surface area contributed by atoms with E-state index >= 15 is 0 Å². The highest BCUT2D eigenvalue weighted by Crippen LogP contribution is 2.26. The second-order valence-corrected chi connectivity index (χ2v) is 19.1. The summed E-state index contributed by atoms with van der Waals surface area (Å²) >= 11 is 0. The number of carbonyl (C=O) groups excluding carboxylic acids is 3. The number of carboxylic acid groups (broad SMARTS) is 1. The predicted molar refractivity (Wildman–Crippen MR) is 312 cm³/mol. The van der Waals surface area contributed by atoms with Crippen LogP contribution in [0.4, 0.5) is 0 Å². The first-order chi connectivity index (χ1) is 37.6. The quantitative estimate of drug-likeness (QED) is 0.0228. The van der Waals surface area contributed by atoms with Crippen molar-refractivity contribution in [3.63, 3.8) is 0 Å². The average Bonchev–Trinajstić information content (AvgIpc) is 3.43. The number of unbranched alkanes of at least 4 members (excludes halogenated alkanes) is 12. The molecule has 3 N–H and O–H groups in total. The van der Waals surface area contributed by atoms with E-state index in [1.54, 1.807) is 12.2 Å². The molecule has 1 aliphatic heterocycles. The molecule has 432 valence electrons. The van der Waals surface area contributed by atoms with E-state index in [1.165, 1.54) is 0 Å². The van der Waals surface area contributed by atoms with Crippen molar-refractivity contribution >= 4 is 23.9 Å². The number of aliphatic hydroxyl groups excluding tert-OH is 2.